The molecule has 0 heterocycles. The number of carbonyl (C=O) groups excluding carboxylic acids is 1. The molecule has 3 aromatic rings. The molecule has 0 saturated carbocycles. The molecule has 0 aliphatic heterocycles. The molecule has 0 aliphatic rings. The van der Waals surface area contributed by atoms with Crippen LogP contribution in [0.3, 0.4) is 0 Å². The van der Waals surface area contributed by atoms with Crippen LogP contribution in [0.4, 0.5) is 4.79 Å². The minimum atomic E-state index is -4.24. The number of amides is 2. The molecule has 0 aromatic heterocycles. The normalized spacial score (nSPS) is 12.4. The van der Waals surface area contributed by atoms with Gasteiger partial charge in [-0.15, -0.1) is 0 Å². The first-order chi connectivity index (χ1) is 17.5. The molecule has 2 N–H and O–H groups in total. The van der Waals surface area contributed by atoms with Gasteiger partial charge in [0.25, 0.3) is 0 Å². The van der Waals surface area contributed by atoms with Gasteiger partial charge in [0.2, 0.25) is 19.7 Å². The van der Waals surface area contributed by atoms with Gasteiger partial charge in [0, 0.05) is 12.6 Å². The summed E-state index contributed by atoms with van der Waals surface area (Å²) in [6.45, 7) is 4.26. The standard InChI is InChI=1S/C26H30N2O7S2/c1-5-16-27-26(29)28-18(2)19-6-11-22(12-7-19)36(30,31)24-15-10-21(35-4)17-25(24)37(32,33)23-13-8-20(34-3)9-14-23/h6-15,17-18H,5,16H2,1-4H3,(H2,27,28,29)/t18-/m0/s1. The second kappa shape index (κ2) is 11.7. The molecule has 11 heteroatoms. The van der Waals surface area contributed by atoms with E-state index >= 15 is 0 Å². The zero-order chi connectivity index (χ0) is 27.2. The molecule has 0 saturated heterocycles. The van der Waals surface area contributed by atoms with Crippen molar-refractivity contribution < 1.29 is 31.1 Å². The number of urea groups is 1. The molecule has 0 fully saturated rings. The number of sulfone groups is 2. The van der Waals surface area contributed by atoms with Crippen molar-refractivity contribution in [3.05, 3.63) is 72.3 Å². The van der Waals surface area contributed by atoms with Crippen LogP contribution in [0.2, 0.25) is 0 Å². The first kappa shape index (κ1) is 28.0. The SMILES string of the molecule is CCCNC(=O)N[C@@H](C)c1ccc(S(=O)(=O)c2ccc(OC)cc2S(=O)(=O)c2ccc(OC)cc2)cc1. The van der Waals surface area contributed by atoms with Crippen molar-refractivity contribution in [3.63, 3.8) is 0 Å². The van der Waals surface area contributed by atoms with Crippen molar-refractivity contribution >= 4 is 25.7 Å². The molecular weight excluding hydrogens is 516 g/mol. The minimum Gasteiger partial charge on any atom is -0.497 e. The first-order valence-corrected chi connectivity index (χ1v) is 14.5. The summed E-state index contributed by atoms with van der Waals surface area (Å²) >= 11 is 0. The fourth-order valence-corrected chi connectivity index (χ4v) is 6.89. The third-order valence-corrected chi connectivity index (χ3v) is 9.44. The Morgan fingerprint density at radius 2 is 1.30 bits per heavy atom. The van der Waals surface area contributed by atoms with Gasteiger partial charge in [0.1, 0.15) is 11.5 Å². The number of carbonyl (C=O) groups is 1. The zero-order valence-corrected chi connectivity index (χ0v) is 22.6. The second-order valence-corrected chi connectivity index (χ2v) is 12.0. The lowest BCUT2D eigenvalue weighted by Crippen LogP contribution is -2.37. The lowest BCUT2D eigenvalue weighted by atomic mass is 10.1. The Bertz CT molecular complexity index is 1450. The van der Waals surface area contributed by atoms with Crippen LogP contribution in [0.15, 0.2) is 86.3 Å². The van der Waals surface area contributed by atoms with Crippen molar-refractivity contribution in [2.75, 3.05) is 20.8 Å². The maximum Gasteiger partial charge on any atom is 0.315 e. The Labute approximate surface area is 217 Å². The Kier molecular flexibility index (Phi) is 8.82. The highest BCUT2D eigenvalue weighted by molar-refractivity contribution is 7.94. The van der Waals surface area contributed by atoms with Gasteiger partial charge in [-0.2, -0.15) is 0 Å². The van der Waals surface area contributed by atoms with Crippen LogP contribution in [-0.4, -0.2) is 43.6 Å². The number of benzene rings is 3. The van der Waals surface area contributed by atoms with Crippen molar-refractivity contribution in [2.24, 2.45) is 0 Å². The van der Waals surface area contributed by atoms with E-state index in [1.54, 1.807) is 19.1 Å². The van der Waals surface area contributed by atoms with Gasteiger partial charge in [-0.1, -0.05) is 19.1 Å². The highest BCUT2D eigenvalue weighted by Gasteiger charge is 2.30. The summed E-state index contributed by atoms with van der Waals surface area (Å²) in [6, 6.07) is 14.7. The maximum absolute atomic E-state index is 13.6. The molecule has 0 radical (unpaired) electrons. The number of ether oxygens (including phenoxy) is 2. The summed E-state index contributed by atoms with van der Waals surface area (Å²) in [5.41, 5.74) is 0.686. The van der Waals surface area contributed by atoms with Gasteiger partial charge in [-0.3, -0.25) is 0 Å². The fourth-order valence-electron chi connectivity index (χ4n) is 3.56. The van der Waals surface area contributed by atoms with Crippen molar-refractivity contribution in [1.29, 1.82) is 0 Å². The molecule has 198 valence electrons. The Morgan fingerprint density at radius 3 is 1.84 bits per heavy atom. The average Bonchev–Trinajstić information content (AvgIpc) is 2.91. The predicted molar refractivity (Wildman–Crippen MR) is 139 cm³/mol. The van der Waals surface area contributed by atoms with Gasteiger partial charge >= 0.3 is 6.03 Å². The molecule has 37 heavy (non-hydrogen) atoms. The largest absolute Gasteiger partial charge is 0.497 e. The highest BCUT2D eigenvalue weighted by Crippen LogP contribution is 2.34. The van der Waals surface area contributed by atoms with Gasteiger partial charge in [-0.05, 0) is 67.4 Å². The summed E-state index contributed by atoms with van der Waals surface area (Å²) < 4.78 is 64.5. The molecule has 0 unspecified atom stereocenters. The Balaban J connectivity index is 2.00. The Morgan fingerprint density at radius 1 is 0.784 bits per heavy atom. The molecule has 3 aromatic carbocycles. The van der Waals surface area contributed by atoms with Crippen LogP contribution in [0.5, 0.6) is 11.5 Å². The van der Waals surface area contributed by atoms with Crippen molar-refractivity contribution in [1.82, 2.24) is 10.6 Å². The molecule has 2 amide bonds. The Hall–Kier alpha value is -3.57. The molecular formula is C26H30N2O7S2. The smallest absolute Gasteiger partial charge is 0.315 e. The molecule has 0 aliphatic carbocycles. The van der Waals surface area contributed by atoms with Gasteiger partial charge < -0.3 is 20.1 Å². The van der Waals surface area contributed by atoms with Gasteiger partial charge in [0.05, 0.1) is 39.8 Å². The number of nitrogens with one attached hydrogen (secondary N) is 2. The molecule has 3 rings (SSSR count). The van der Waals surface area contributed by atoms with E-state index in [4.69, 9.17) is 9.47 Å². The third kappa shape index (κ3) is 6.23. The van der Waals surface area contributed by atoms with E-state index in [9.17, 15) is 21.6 Å². The third-order valence-electron chi connectivity index (χ3n) is 5.67. The van der Waals surface area contributed by atoms with E-state index in [2.05, 4.69) is 10.6 Å². The van der Waals surface area contributed by atoms with E-state index in [1.807, 2.05) is 6.92 Å². The average molecular weight is 547 g/mol. The summed E-state index contributed by atoms with van der Waals surface area (Å²) in [4.78, 5) is 11.0. The number of hydrogen-bond acceptors (Lipinski definition) is 7. The van der Waals surface area contributed by atoms with Crippen LogP contribution >= 0.6 is 0 Å². The van der Waals surface area contributed by atoms with Crippen molar-refractivity contribution in [2.45, 2.75) is 45.9 Å². The van der Waals surface area contributed by atoms with E-state index in [-0.39, 0.29) is 32.5 Å². The lowest BCUT2D eigenvalue weighted by molar-refractivity contribution is 0.238. The zero-order valence-electron chi connectivity index (χ0n) is 21.0. The fraction of sp³-hybridized carbons (Fsp3) is 0.269. The van der Waals surface area contributed by atoms with Crippen molar-refractivity contribution in [3.8, 4) is 11.5 Å². The van der Waals surface area contributed by atoms with Crippen LogP contribution < -0.4 is 20.1 Å². The summed E-state index contributed by atoms with van der Waals surface area (Å²) in [7, 11) is -5.64. The highest BCUT2D eigenvalue weighted by atomic mass is 32.2. The minimum absolute atomic E-state index is 0.0877. The van der Waals surface area contributed by atoms with E-state index in [0.29, 0.717) is 17.9 Å². The van der Waals surface area contributed by atoms with E-state index < -0.39 is 24.6 Å². The lowest BCUT2D eigenvalue weighted by Gasteiger charge is -2.16. The van der Waals surface area contributed by atoms with Crippen LogP contribution in [-0.2, 0) is 19.7 Å². The van der Waals surface area contributed by atoms with Crippen LogP contribution in [0.25, 0.3) is 0 Å². The van der Waals surface area contributed by atoms with Crippen LogP contribution in [0, 0.1) is 0 Å². The number of rotatable bonds is 10. The van der Waals surface area contributed by atoms with Crippen LogP contribution in [0.1, 0.15) is 31.9 Å². The maximum atomic E-state index is 13.6. The number of hydrogen-bond donors (Lipinski definition) is 2. The van der Waals surface area contributed by atoms with E-state index in [1.165, 1.54) is 68.8 Å². The molecule has 1 atom stereocenters. The molecule has 9 nitrogen and oxygen atoms in total. The summed E-state index contributed by atoms with van der Waals surface area (Å²) in [5, 5.41) is 5.51. The second-order valence-electron chi connectivity index (χ2n) is 8.19. The molecule has 0 bridgehead atoms. The summed E-state index contributed by atoms with van der Waals surface area (Å²) in [5.74, 6) is 0.659. The van der Waals surface area contributed by atoms with E-state index in [0.717, 1.165) is 6.42 Å². The first-order valence-electron chi connectivity index (χ1n) is 11.5. The summed E-state index contributed by atoms with van der Waals surface area (Å²) in [6.07, 6.45) is 0.801. The quantitative estimate of drug-likeness (QED) is 0.391. The van der Waals surface area contributed by atoms with Gasteiger partial charge in [-0.25, -0.2) is 21.6 Å². The van der Waals surface area contributed by atoms with Gasteiger partial charge in [0.15, 0.2) is 0 Å². The number of methoxy groups -OCH3 is 2. The predicted octanol–water partition coefficient (Wildman–Crippen LogP) is 4.14. The molecule has 0 spiro atoms. The topological polar surface area (TPSA) is 128 Å². The monoisotopic (exact) mass is 546 g/mol.